The summed E-state index contributed by atoms with van der Waals surface area (Å²) in [6.45, 7) is 4.17. The molecule has 4 rings (SSSR count). The molecule has 2 aromatic rings. The zero-order chi connectivity index (χ0) is 21.5. The molecule has 0 amide bonds. The van der Waals surface area contributed by atoms with Crippen LogP contribution in [0.2, 0.25) is 5.02 Å². The molecule has 5 nitrogen and oxygen atoms in total. The van der Waals surface area contributed by atoms with Gasteiger partial charge < -0.3 is 19.7 Å². The SMILES string of the molecule is CN=C(NCC1(c2ccccc2Cl)CCOCC1)N1CCC(Oc2ccccc2)CC1.I. The number of piperidine rings is 1. The maximum atomic E-state index is 6.60. The Morgan fingerprint density at radius 3 is 2.41 bits per heavy atom. The third-order valence-corrected chi connectivity index (χ3v) is 6.81. The summed E-state index contributed by atoms with van der Waals surface area (Å²) >= 11 is 6.60. The normalized spacial score (nSPS) is 19.2. The van der Waals surface area contributed by atoms with Gasteiger partial charge in [0.15, 0.2) is 5.96 Å². The average molecular weight is 570 g/mol. The Bertz CT molecular complexity index is 867. The van der Waals surface area contributed by atoms with Gasteiger partial charge in [-0.15, -0.1) is 24.0 Å². The van der Waals surface area contributed by atoms with Gasteiger partial charge in [-0.1, -0.05) is 48.0 Å². The quantitative estimate of drug-likeness (QED) is 0.308. The number of rotatable bonds is 5. The summed E-state index contributed by atoms with van der Waals surface area (Å²) < 4.78 is 11.8. The number of hydrogen-bond donors (Lipinski definition) is 1. The van der Waals surface area contributed by atoms with Crippen molar-refractivity contribution in [2.75, 3.05) is 39.9 Å². The molecule has 0 bridgehead atoms. The van der Waals surface area contributed by atoms with Gasteiger partial charge in [-0.2, -0.15) is 0 Å². The van der Waals surface area contributed by atoms with Crippen molar-refractivity contribution in [2.24, 2.45) is 4.99 Å². The minimum Gasteiger partial charge on any atom is -0.490 e. The fourth-order valence-electron chi connectivity index (χ4n) is 4.65. The molecule has 174 valence electrons. The van der Waals surface area contributed by atoms with Gasteiger partial charge in [0, 0.05) is 63.2 Å². The Labute approximate surface area is 213 Å². The molecule has 0 radical (unpaired) electrons. The van der Waals surface area contributed by atoms with Crippen molar-refractivity contribution >= 4 is 41.5 Å². The zero-order valence-corrected chi connectivity index (χ0v) is 21.7. The second kappa shape index (κ2) is 12.1. The fraction of sp³-hybridized carbons (Fsp3) is 0.480. The smallest absolute Gasteiger partial charge is 0.193 e. The maximum Gasteiger partial charge on any atom is 0.193 e. The Morgan fingerprint density at radius 1 is 1.09 bits per heavy atom. The van der Waals surface area contributed by atoms with Crippen LogP contribution >= 0.6 is 35.6 Å². The number of likely N-dealkylation sites (tertiary alicyclic amines) is 1. The molecule has 2 aromatic carbocycles. The Hall–Kier alpha value is -1.51. The summed E-state index contributed by atoms with van der Waals surface area (Å²) in [7, 11) is 1.86. The molecule has 0 aliphatic carbocycles. The molecule has 1 N–H and O–H groups in total. The van der Waals surface area contributed by atoms with Crippen LogP contribution in [0.4, 0.5) is 0 Å². The second-order valence-electron chi connectivity index (χ2n) is 8.39. The van der Waals surface area contributed by atoms with E-state index in [0.717, 1.165) is 75.3 Å². The first-order valence-corrected chi connectivity index (χ1v) is 11.6. The summed E-state index contributed by atoms with van der Waals surface area (Å²) in [5, 5.41) is 4.49. The number of aliphatic imine (C=N–C) groups is 1. The number of nitrogens with one attached hydrogen (secondary N) is 1. The van der Waals surface area contributed by atoms with Crippen molar-refractivity contribution in [3.05, 3.63) is 65.2 Å². The van der Waals surface area contributed by atoms with Gasteiger partial charge in [0.25, 0.3) is 0 Å². The topological polar surface area (TPSA) is 46.1 Å². The molecule has 0 unspecified atom stereocenters. The highest BCUT2D eigenvalue weighted by atomic mass is 127. The predicted molar refractivity (Wildman–Crippen MR) is 142 cm³/mol. The summed E-state index contributed by atoms with van der Waals surface area (Å²) in [5.74, 6) is 1.90. The average Bonchev–Trinajstić information content (AvgIpc) is 2.82. The van der Waals surface area contributed by atoms with E-state index < -0.39 is 0 Å². The lowest BCUT2D eigenvalue weighted by Crippen LogP contribution is -2.52. The van der Waals surface area contributed by atoms with E-state index in [9.17, 15) is 0 Å². The monoisotopic (exact) mass is 569 g/mol. The van der Waals surface area contributed by atoms with E-state index in [0.29, 0.717) is 0 Å². The molecule has 2 aliphatic rings. The second-order valence-corrected chi connectivity index (χ2v) is 8.80. The van der Waals surface area contributed by atoms with Crippen molar-refractivity contribution in [1.82, 2.24) is 10.2 Å². The van der Waals surface area contributed by atoms with Crippen molar-refractivity contribution < 1.29 is 9.47 Å². The number of para-hydroxylation sites is 1. The van der Waals surface area contributed by atoms with Crippen LogP contribution in [0, 0.1) is 0 Å². The van der Waals surface area contributed by atoms with E-state index >= 15 is 0 Å². The highest BCUT2D eigenvalue weighted by Crippen LogP contribution is 2.38. The van der Waals surface area contributed by atoms with Crippen molar-refractivity contribution in [3.63, 3.8) is 0 Å². The molecule has 0 atom stereocenters. The van der Waals surface area contributed by atoms with Crippen LogP contribution in [0.3, 0.4) is 0 Å². The Morgan fingerprint density at radius 2 is 1.75 bits per heavy atom. The van der Waals surface area contributed by atoms with Gasteiger partial charge >= 0.3 is 0 Å². The van der Waals surface area contributed by atoms with Crippen LogP contribution in [-0.2, 0) is 10.2 Å². The fourth-order valence-corrected chi connectivity index (χ4v) is 4.99. The van der Waals surface area contributed by atoms with Crippen LogP contribution in [0.1, 0.15) is 31.2 Å². The van der Waals surface area contributed by atoms with Gasteiger partial charge in [0.1, 0.15) is 11.9 Å². The van der Waals surface area contributed by atoms with Crippen LogP contribution in [0.5, 0.6) is 5.75 Å². The first kappa shape index (κ1) is 25.1. The number of benzene rings is 2. The van der Waals surface area contributed by atoms with Gasteiger partial charge in [0.05, 0.1) is 0 Å². The maximum absolute atomic E-state index is 6.60. The third-order valence-electron chi connectivity index (χ3n) is 6.48. The lowest BCUT2D eigenvalue weighted by atomic mass is 9.74. The number of halogens is 2. The summed E-state index contributed by atoms with van der Waals surface area (Å²) in [6.07, 6.45) is 4.13. The van der Waals surface area contributed by atoms with Crippen LogP contribution in [0.15, 0.2) is 59.6 Å². The van der Waals surface area contributed by atoms with E-state index in [1.807, 2.05) is 49.5 Å². The molecule has 2 heterocycles. The lowest BCUT2D eigenvalue weighted by Gasteiger charge is -2.40. The summed E-state index contributed by atoms with van der Waals surface area (Å²) in [4.78, 5) is 6.92. The predicted octanol–water partition coefficient (Wildman–Crippen LogP) is 5.13. The summed E-state index contributed by atoms with van der Waals surface area (Å²) in [6, 6.07) is 18.3. The van der Waals surface area contributed by atoms with Crippen LogP contribution < -0.4 is 10.1 Å². The lowest BCUT2D eigenvalue weighted by molar-refractivity contribution is 0.0510. The molecule has 0 aromatic heterocycles. The van der Waals surface area contributed by atoms with Crippen LogP contribution in [-0.4, -0.2) is 56.9 Å². The molecule has 32 heavy (non-hydrogen) atoms. The minimum absolute atomic E-state index is 0. The minimum atomic E-state index is -0.0404. The van der Waals surface area contributed by atoms with Crippen molar-refractivity contribution in [3.8, 4) is 5.75 Å². The standard InChI is InChI=1S/C25H32ClN3O2.HI/c1-27-24(29-15-11-21(12-16-29)31-20-7-3-2-4-8-20)28-19-25(13-17-30-18-14-25)22-9-5-6-10-23(22)26;/h2-10,21H,11-19H2,1H3,(H,27,28);1H. The van der Waals surface area contributed by atoms with E-state index in [1.165, 1.54) is 5.56 Å². The Balaban J connectivity index is 0.00000289. The number of nitrogens with zero attached hydrogens (tertiary/aromatic N) is 2. The molecule has 2 aliphatic heterocycles. The van der Waals surface area contributed by atoms with Gasteiger partial charge in [0.2, 0.25) is 0 Å². The zero-order valence-electron chi connectivity index (χ0n) is 18.6. The molecule has 2 saturated heterocycles. The summed E-state index contributed by atoms with van der Waals surface area (Å²) in [5.41, 5.74) is 1.17. The molecule has 0 spiro atoms. The number of hydrogen-bond acceptors (Lipinski definition) is 3. The van der Waals surface area contributed by atoms with Gasteiger partial charge in [-0.3, -0.25) is 4.99 Å². The van der Waals surface area contributed by atoms with Gasteiger partial charge in [-0.05, 0) is 36.6 Å². The molecule has 7 heteroatoms. The third kappa shape index (κ3) is 6.08. The number of guanidine groups is 1. The largest absolute Gasteiger partial charge is 0.490 e. The van der Waals surface area contributed by atoms with E-state index in [4.69, 9.17) is 21.1 Å². The van der Waals surface area contributed by atoms with E-state index in [1.54, 1.807) is 0 Å². The first-order valence-electron chi connectivity index (χ1n) is 11.2. The first-order chi connectivity index (χ1) is 15.2. The molecule has 2 fully saturated rings. The molecule has 0 saturated carbocycles. The Kier molecular flexibility index (Phi) is 9.49. The molecular weight excluding hydrogens is 537 g/mol. The van der Waals surface area contributed by atoms with Gasteiger partial charge in [-0.25, -0.2) is 0 Å². The molecular formula is C25H33ClIN3O2. The van der Waals surface area contributed by atoms with Crippen molar-refractivity contribution in [2.45, 2.75) is 37.2 Å². The van der Waals surface area contributed by atoms with E-state index in [2.05, 4.69) is 27.3 Å². The van der Waals surface area contributed by atoms with Crippen LogP contribution in [0.25, 0.3) is 0 Å². The van der Waals surface area contributed by atoms with Crippen molar-refractivity contribution in [1.29, 1.82) is 0 Å². The highest BCUT2D eigenvalue weighted by molar-refractivity contribution is 14.0. The highest BCUT2D eigenvalue weighted by Gasteiger charge is 2.36. The number of ether oxygens (including phenoxy) is 2. The van der Waals surface area contributed by atoms with E-state index in [-0.39, 0.29) is 35.5 Å².